The molecule has 1 saturated heterocycles. The van der Waals surface area contributed by atoms with Gasteiger partial charge in [-0.3, -0.25) is 0 Å². The van der Waals surface area contributed by atoms with Crippen LogP contribution in [0.2, 0.25) is 0 Å². The van der Waals surface area contributed by atoms with Gasteiger partial charge in [0, 0.05) is 43.3 Å². The van der Waals surface area contributed by atoms with Crippen LogP contribution in [0.3, 0.4) is 0 Å². The van der Waals surface area contributed by atoms with Crippen molar-refractivity contribution in [1.82, 2.24) is 4.90 Å². The molecule has 2 rings (SSSR count). The molecule has 0 atom stereocenters. The Hall–Kier alpha value is -1.40. The Morgan fingerprint density at radius 1 is 1.21 bits per heavy atom. The summed E-state index contributed by atoms with van der Waals surface area (Å²) in [5.41, 5.74) is 10.1. The van der Waals surface area contributed by atoms with Gasteiger partial charge >= 0.3 is 6.09 Å². The second kappa shape index (κ2) is 7.23. The highest BCUT2D eigenvalue weighted by Gasteiger charge is 2.27. The number of ether oxygens (including phenoxy) is 1. The quantitative estimate of drug-likeness (QED) is 0.804. The Morgan fingerprint density at radius 2 is 1.79 bits per heavy atom. The van der Waals surface area contributed by atoms with E-state index in [1.54, 1.807) is 4.90 Å². The summed E-state index contributed by atoms with van der Waals surface area (Å²) < 4.78 is 5.46. The largest absolute Gasteiger partial charge is 0.444 e. The maximum Gasteiger partial charge on any atom is 0.410 e. The maximum atomic E-state index is 12.2. The number of hydrogen-bond donors (Lipinski definition) is 2. The van der Waals surface area contributed by atoms with Crippen LogP contribution in [0, 0.1) is 13.8 Å². The summed E-state index contributed by atoms with van der Waals surface area (Å²) in [6.45, 7) is 13.2. The van der Waals surface area contributed by atoms with E-state index in [-0.39, 0.29) is 6.09 Å². The van der Waals surface area contributed by atoms with E-state index in [1.807, 2.05) is 26.8 Å². The van der Waals surface area contributed by atoms with Gasteiger partial charge in [0.25, 0.3) is 0 Å². The van der Waals surface area contributed by atoms with Crippen LogP contribution >= 0.6 is 12.6 Å². The second-order valence-electron chi connectivity index (χ2n) is 7.31. The molecule has 1 amide bonds. The second-order valence-corrected chi connectivity index (χ2v) is 7.79. The Kier molecular flexibility index (Phi) is 5.71. The molecule has 0 bridgehead atoms. The predicted molar refractivity (Wildman–Crippen MR) is 101 cm³/mol. The highest BCUT2D eigenvalue weighted by Crippen LogP contribution is 2.33. The van der Waals surface area contributed by atoms with E-state index in [0.29, 0.717) is 19.6 Å². The van der Waals surface area contributed by atoms with Crippen LogP contribution in [0.1, 0.15) is 37.5 Å². The van der Waals surface area contributed by atoms with E-state index in [9.17, 15) is 4.79 Å². The molecule has 1 heterocycles. The first-order valence-electron chi connectivity index (χ1n) is 8.39. The lowest BCUT2D eigenvalue weighted by Crippen LogP contribution is -2.50. The fourth-order valence-corrected chi connectivity index (χ4v) is 3.32. The first kappa shape index (κ1) is 18.9. The molecule has 1 fully saturated rings. The molecule has 0 saturated carbocycles. The lowest BCUT2D eigenvalue weighted by Gasteiger charge is -2.38. The van der Waals surface area contributed by atoms with E-state index >= 15 is 0 Å². The first-order chi connectivity index (χ1) is 11.1. The minimum Gasteiger partial charge on any atom is -0.444 e. The van der Waals surface area contributed by atoms with Gasteiger partial charge in [-0.15, -0.1) is 12.6 Å². The molecule has 6 heteroatoms. The van der Waals surface area contributed by atoms with Crippen LogP contribution in [-0.4, -0.2) is 42.8 Å². The monoisotopic (exact) mass is 351 g/mol. The molecule has 1 aliphatic heterocycles. The third-order valence-electron chi connectivity index (χ3n) is 4.35. The molecule has 0 radical (unpaired) electrons. The van der Waals surface area contributed by atoms with Gasteiger partial charge in [-0.05, 0) is 57.4 Å². The number of carbonyl (C=O) groups is 1. The third-order valence-corrected chi connectivity index (χ3v) is 4.82. The van der Waals surface area contributed by atoms with Gasteiger partial charge < -0.3 is 20.3 Å². The van der Waals surface area contributed by atoms with Gasteiger partial charge in [0.1, 0.15) is 5.60 Å². The molecular formula is C18H29N3O2S. The van der Waals surface area contributed by atoms with E-state index in [4.69, 9.17) is 10.5 Å². The van der Waals surface area contributed by atoms with Crippen molar-refractivity contribution in [1.29, 1.82) is 0 Å². The number of benzene rings is 1. The van der Waals surface area contributed by atoms with Gasteiger partial charge in [-0.1, -0.05) is 0 Å². The molecule has 1 aromatic rings. The van der Waals surface area contributed by atoms with E-state index in [2.05, 4.69) is 31.4 Å². The van der Waals surface area contributed by atoms with Gasteiger partial charge in [-0.2, -0.15) is 0 Å². The van der Waals surface area contributed by atoms with Crippen molar-refractivity contribution >= 4 is 24.4 Å². The standard InChI is InChI=1S/C18H29N3O2S/c1-12-14(11-19)10-15(24)13(2)16(12)20-6-8-21(9-7-20)17(22)23-18(3,4)5/h10,24H,6-9,11,19H2,1-5H3. The van der Waals surface area contributed by atoms with Crippen LogP contribution < -0.4 is 10.6 Å². The molecule has 1 aliphatic rings. The number of amides is 1. The van der Waals surface area contributed by atoms with Crippen molar-refractivity contribution in [3.8, 4) is 0 Å². The van der Waals surface area contributed by atoms with Crippen LogP contribution in [0.5, 0.6) is 0 Å². The summed E-state index contributed by atoms with van der Waals surface area (Å²) in [5, 5.41) is 0. The van der Waals surface area contributed by atoms with E-state index in [0.717, 1.165) is 23.5 Å². The van der Waals surface area contributed by atoms with Crippen LogP contribution in [0.25, 0.3) is 0 Å². The summed E-state index contributed by atoms with van der Waals surface area (Å²) in [7, 11) is 0. The summed E-state index contributed by atoms with van der Waals surface area (Å²) in [6, 6.07) is 2.05. The van der Waals surface area contributed by atoms with Crippen LogP contribution in [0.4, 0.5) is 10.5 Å². The van der Waals surface area contributed by atoms with Crippen molar-refractivity contribution < 1.29 is 9.53 Å². The SMILES string of the molecule is Cc1c(S)cc(CN)c(C)c1N1CCN(C(=O)OC(C)(C)C)CC1. The lowest BCUT2D eigenvalue weighted by molar-refractivity contribution is 0.0240. The number of nitrogens with zero attached hydrogens (tertiary/aromatic N) is 2. The molecule has 0 unspecified atom stereocenters. The Morgan fingerprint density at radius 3 is 2.29 bits per heavy atom. The van der Waals surface area contributed by atoms with Crippen LogP contribution in [-0.2, 0) is 11.3 Å². The average Bonchev–Trinajstić information content (AvgIpc) is 2.50. The smallest absolute Gasteiger partial charge is 0.410 e. The van der Waals surface area contributed by atoms with Gasteiger partial charge in [-0.25, -0.2) is 4.79 Å². The van der Waals surface area contributed by atoms with Gasteiger partial charge in [0.05, 0.1) is 0 Å². The van der Waals surface area contributed by atoms with Crippen LogP contribution in [0.15, 0.2) is 11.0 Å². The number of rotatable bonds is 2. The number of anilines is 1. The summed E-state index contributed by atoms with van der Waals surface area (Å²) in [4.78, 5) is 17.3. The van der Waals surface area contributed by atoms with Gasteiger partial charge in [0.2, 0.25) is 0 Å². The summed E-state index contributed by atoms with van der Waals surface area (Å²) >= 11 is 4.59. The number of thiol groups is 1. The molecular weight excluding hydrogens is 322 g/mol. The highest BCUT2D eigenvalue weighted by atomic mass is 32.1. The van der Waals surface area contributed by atoms with Crippen molar-refractivity contribution in [2.75, 3.05) is 31.1 Å². The number of hydrogen-bond acceptors (Lipinski definition) is 5. The zero-order valence-corrected chi connectivity index (χ0v) is 16.2. The fraction of sp³-hybridized carbons (Fsp3) is 0.611. The van der Waals surface area contributed by atoms with Crippen molar-refractivity contribution in [2.45, 2.75) is 51.7 Å². The minimum atomic E-state index is -0.461. The molecule has 1 aromatic carbocycles. The molecule has 5 nitrogen and oxygen atoms in total. The average molecular weight is 352 g/mol. The molecule has 0 aliphatic carbocycles. The minimum absolute atomic E-state index is 0.235. The first-order valence-corrected chi connectivity index (χ1v) is 8.83. The molecule has 2 N–H and O–H groups in total. The fourth-order valence-electron chi connectivity index (χ4n) is 3.06. The normalized spacial score (nSPS) is 15.6. The Labute approximate surface area is 150 Å². The Bertz CT molecular complexity index is 618. The number of carbonyl (C=O) groups excluding carboxylic acids is 1. The topological polar surface area (TPSA) is 58.8 Å². The highest BCUT2D eigenvalue weighted by molar-refractivity contribution is 7.80. The van der Waals surface area contributed by atoms with E-state index in [1.165, 1.54) is 16.8 Å². The van der Waals surface area contributed by atoms with Crippen molar-refractivity contribution in [3.63, 3.8) is 0 Å². The lowest BCUT2D eigenvalue weighted by atomic mass is 10.0. The summed E-state index contributed by atoms with van der Waals surface area (Å²) in [5.74, 6) is 0. The summed E-state index contributed by atoms with van der Waals surface area (Å²) in [6.07, 6.45) is -0.235. The third kappa shape index (κ3) is 4.16. The zero-order chi connectivity index (χ0) is 18.1. The van der Waals surface area contributed by atoms with Crippen molar-refractivity contribution in [2.24, 2.45) is 5.73 Å². The predicted octanol–water partition coefficient (Wildman–Crippen LogP) is 3.11. The molecule has 24 heavy (non-hydrogen) atoms. The Balaban J connectivity index is 2.13. The molecule has 0 spiro atoms. The number of piperazine rings is 1. The number of nitrogens with two attached hydrogens (primary N) is 1. The van der Waals surface area contributed by atoms with Gasteiger partial charge in [0.15, 0.2) is 0 Å². The molecule has 134 valence electrons. The zero-order valence-electron chi connectivity index (χ0n) is 15.3. The molecule has 0 aromatic heterocycles. The maximum absolute atomic E-state index is 12.2. The van der Waals surface area contributed by atoms with Crippen molar-refractivity contribution in [3.05, 3.63) is 22.8 Å². The van der Waals surface area contributed by atoms with E-state index < -0.39 is 5.60 Å².